The van der Waals surface area contributed by atoms with Gasteiger partial charge in [0.15, 0.2) is 17.3 Å². The Balaban J connectivity index is 1.53. The van der Waals surface area contributed by atoms with Gasteiger partial charge >= 0.3 is 0 Å². The standard InChI is InChI=1S/C21H22N4O4/c1-13-8-20(24-29-13)23-16-4-6-22-17(11-16)21(26)25-7-5-14-9-18(27-2)19(28-3)10-15(14)12-25/h4,6,8-11H,5,7,12H2,1-3H3,(H,22,23,24). The van der Waals surface area contributed by atoms with Gasteiger partial charge in [0.05, 0.1) is 14.2 Å². The second-order valence-electron chi connectivity index (χ2n) is 6.83. The van der Waals surface area contributed by atoms with Crippen LogP contribution in [-0.2, 0) is 13.0 Å². The molecule has 1 aromatic carbocycles. The summed E-state index contributed by atoms with van der Waals surface area (Å²) in [7, 11) is 3.23. The van der Waals surface area contributed by atoms with Gasteiger partial charge in [-0.25, -0.2) is 0 Å². The second kappa shape index (κ2) is 7.83. The van der Waals surface area contributed by atoms with Crippen LogP contribution in [0.1, 0.15) is 27.4 Å². The fourth-order valence-corrected chi connectivity index (χ4v) is 3.42. The molecule has 3 aromatic rings. The molecule has 4 rings (SSSR count). The van der Waals surface area contributed by atoms with Crippen molar-refractivity contribution in [2.75, 3.05) is 26.1 Å². The summed E-state index contributed by atoms with van der Waals surface area (Å²) in [6.07, 6.45) is 2.35. The fraction of sp³-hybridized carbons (Fsp3) is 0.286. The maximum Gasteiger partial charge on any atom is 0.272 e. The van der Waals surface area contributed by atoms with Crippen molar-refractivity contribution in [2.45, 2.75) is 19.9 Å². The largest absolute Gasteiger partial charge is 0.493 e. The first-order valence-corrected chi connectivity index (χ1v) is 9.27. The average Bonchev–Trinajstić information content (AvgIpc) is 3.16. The number of hydrogen-bond donors (Lipinski definition) is 1. The highest BCUT2D eigenvalue weighted by Gasteiger charge is 2.24. The monoisotopic (exact) mass is 394 g/mol. The van der Waals surface area contributed by atoms with E-state index in [0.717, 1.165) is 23.2 Å². The molecule has 8 heteroatoms. The molecule has 2 aromatic heterocycles. The number of nitrogens with zero attached hydrogens (tertiary/aromatic N) is 3. The molecule has 0 unspecified atom stereocenters. The van der Waals surface area contributed by atoms with Gasteiger partial charge in [-0.05, 0) is 48.7 Å². The zero-order chi connectivity index (χ0) is 20.4. The number of benzene rings is 1. The average molecular weight is 394 g/mol. The van der Waals surface area contributed by atoms with Crippen molar-refractivity contribution in [3.63, 3.8) is 0 Å². The van der Waals surface area contributed by atoms with Crippen molar-refractivity contribution in [1.82, 2.24) is 15.0 Å². The lowest BCUT2D eigenvalue weighted by Crippen LogP contribution is -2.36. The van der Waals surface area contributed by atoms with Crippen molar-refractivity contribution >= 4 is 17.4 Å². The predicted octanol–water partition coefficient (Wildman–Crippen LogP) is 3.34. The third kappa shape index (κ3) is 3.87. The zero-order valence-electron chi connectivity index (χ0n) is 16.6. The second-order valence-corrected chi connectivity index (χ2v) is 6.83. The molecule has 0 spiro atoms. The lowest BCUT2D eigenvalue weighted by atomic mass is 9.98. The van der Waals surface area contributed by atoms with Gasteiger partial charge in [-0.2, -0.15) is 0 Å². The van der Waals surface area contributed by atoms with Gasteiger partial charge < -0.3 is 24.2 Å². The Hall–Kier alpha value is -3.55. The highest BCUT2D eigenvalue weighted by molar-refractivity contribution is 5.93. The van der Waals surface area contributed by atoms with Crippen LogP contribution in [0.15, 0.2) is 41.1 Å². The summed E-state index contributed by atoms with van der Waals surface area (Å²) in [5.74, 6) is 2.53. The van der Waals surface area contributed by atoms with Crippen LogP contribution >= 0.6 is 0 Å². The number of nitrogens with one attached hydrogen (secondary N) is 1. The van der Waals surface area contributed by atoms with E-state index in [1.165, 1.54) is 0 Å². The lowest BCUT2D eigenvalue weighted by molar-refractivity contribution is 0.0728. The van der Waals surface area contributed by atoms with Crippen LogP contribution in [0.4, 0.5) is 11.5 Å². The van der Waals surface area contributed by atoms with E-state index in [4.69, 9.17) is 14.0 Å². The Kier molecular flexibility index (Phi) is 5.07. The van der Waals surface area contributed by atoms with Crippen molar-refractivity contribution < 1.29 is 18.8 Å². The molecule has 3 heterocycles. The number of fused-ring (bicyclic) bond motifs is 1. The van der Waals surface area contributed by atoms with E-state index in [-0.39, 0.29) is 5.91 Å². The highest BCUT2D eigenvalue weighted by Crippen LogP contribution is 2.33. The van der Waals surface area contributed by atoms with Crippen LogP contribution < -0.4 is 14.8 Å². The van der Waals surface area contributed by atoms with Gasteiger partial charge in [0, 0.05) is 31.0 Å². The van der Waals surface area contributed by atoms with Gasteiger partial charge in [-0.1, -0.05) is 5.16 Å². The number of aryl methyl sites for hydroxylation is 1. The molecular formula is C21H22N4O4. The topological polar surface area (TPSA) is 89.7 Å². The van der Waals surface area contributed by atoms with E-state index >= 15 is 0 Å². The summed E-state index contributed by atoms with van der Waals surface area (Å²) < 4.78 is 15.8. The molecule has 0 saturated carbocycles. The van der Waals surface area contributed by atoms with Crippen LogP contribution in [0, 0.1) is 6.92 Å². The van der Waals surface area contributed by atoms with Crippen molar-refractivity contribution in [3.05, 3.63) is 59.1 Å². The number of hydrogen-bond acceptors (Lipinski definition) is 7. The van der Waals surface area contributed by atoms with Gasteiger partial charge in [0.25, 0.3) is 5.91 Å². The number of carbonyl (C=O) groups excluding carboxylic acids is 1. The van der Waals surface area contributed by atoms with E-state index in [1.807, 2.05) is 19.1 Å². The smallest absolute Gasteiger partial charge is 0.272 e. The summed E-state index contributed by atoms with van der Waals surface area (Å²) in [4.78, 5) is 19.1. The first-order chi connectivity index (χ1) is 14.1. The van der Waals surface area contributed by atoms with E-state index in [0.29, 0.717) is 41.9 Å². The van der Waals surface area contributed by atoms with Crippen molar-refractivity contribution in [3.8, 4) is 11.5 Å². The lowest BCUT2D eigenvalue weighted by Gasteiger charge is -2.29. The summed E-state index contributed by atoms with van der Waals surface area (Å²) in [5.41, 5.74) is 3.31. The Labute approximate surface area is 168 Å². The molecule has 8 nitrogen and oxygen atoms in total. The number of carbonyl (C=O) groups is 1. The molecule has 1 aliphatic heterocycles. The third-order valence-corrected chi connectivity index (χ3v) is 4.88. The first-order valence-electron chi connectivity index (χ1n) is 9.27. The Morgan fingerprint density at radius 1 is 1.14 bits per heavy atom. The van der Waals surface area contributed by atoms with E-state index in [2.05, 4.69) is 15.5 Å². The van der Waals surface area contributed by atoms with Crippen molar-refractivity contribution in [2.24, 2.45) is 0 Å². The van der Waals surface area contributed by atoms with Crippen molar-refractivity contribution in [1.29, 1.82) is 0 Å². The number of anilines is 2. The molecule has 0 atom stereocenters. The van der Waals surface area contributed by atoms with Crippen LogP contribution in [0.3, 0.4) is 0 Å². The molecule has 1 N–H and O–H groups in total. The number of methoxy groups -OCH3 is 2. The maximum atomic E-state index is 13.0. The minimum atomic E-state index is -0.120. The molecule has 0 bridgehead atoms. The van der Waals surface area contributed by atoms with Gasteiger partial charge in [0.1, 0.15) is 11.5 Å². The van der Waals surface area contributed by atoms with Crippen LogP contribution in [0.5, 0.6) is 11.5 Å². The summed E-state index contributed by atoms with van der Waals surface area (Å²) in [5, 5.41) is 7.03. The number of aromatic nitrogens is 2. The number of ether oxygens (including phenoxy) is 2. The predicted molar refractivity (Wildman–Crippen MR) is 107 cm³/mol. The molecule has 0 radical (unpaired) electrons. The Morgan fingerprint density at radius 3 is 2.59 bits per heavy atom. The molecular weight excluding hydrogens is 372 g/mol. The third-order valence-electron chi connectivity index (χ3n) is 4.88. The highest BCUT2D eigenvalue weighted by atomic mass is 16.5. The van der Waals surface area contributed by atoms with E-state index in [1.54, 1.807) is 43.5 Å². The van der Waals surface area contributed by atoms with E-state index in [9.17, 15) is 4.79 Å². The first kappa shape index (κ1) is 18.8. The van der Waals surface area contributed by atoms with Crippen LogP contribution in [-0.4, -0.2) is 41.7 Å². The molecule has 1 amide bonds. The number of pyridine rings is 1. The van der Waals surface area contributed by atoms with Gasteiger partial charge in [-0.15, -0.1) is 0 Å². The summed E-state index contributed by atoms with van der Waals surface area (Å²) in [6.45, 7) is 2.93. The number of amides is 1. The zero-order valence-corrected chi connectivity index (χ0v) is 16.6. The van der Waals surface area contributed by atoms with Crippen LogP contribution in [0.2, 0.25) is 0 Å². The minimum Gasteiger partial charge on any atom is -0.493 e. The molecule has 0 saturated heterocycles. The molecule has 1 aliphatic rings. The SMILES string of the molecule is COc1cc2c(cc1OC)CN(C(=O)c1cc(Nc3cc(C)on3)ccn1)CC2. The van der Waals surface area contributed by atoms with Gasteiger partial charge in [0.2, 0.25) is 0 Å². The maximum absolute atomic E-state index is 13.0. The normalized spacial score (nSPS) is 13.0. The Morgan fingerprint density at radius 2 is 1.90 bits per heavy atom. The molecule has 0 fully saturated rings. The van der Waals surface area contributed by atoms with Gasteiger partial charge in [-0.3, -0.25) is 9.78 Å². The van der Waals surface area contributed by atoms with Crippen LogP contribution in [0.25, 0.3) is 0 Å². The fourth-order valence-electron chi connectivity index (χ4n) is 3.42. The molecule has 0 aliphatic carbocycles. The van der Waals surface area contributed by atoms with E-state index < -0.39 is 0 Å². The quantitative estimate of drug-likeness (QED) is 0.710. The Bertz CT molecular complexity index is 1050. The summed E-state index contributed by atoms with van der Waals surface area (Å²) >= 11 is 0. The summed E-state index contributed by atoms with van der Waals surface area (Å²) in [6, 6.07) is 9.20. The number of rotatable bonds is 5. The minimum absolute atomic E-state index is 0.120. The molecule has 150 valence electrons. The molecule has 29 heavy (non-hydrogen) atoms.